The summed E-state index contributed by atoms with van der Waals surface area (Å²) in [4.78, 5) is 30.8. The molecule has 1 aromatic carbocycles. The molecule has 0 aliphatic rings. The summed E-state index contributed by atoms with van der Waals surface area (Å²) >= 11 is 0.839. The van der Waals surface area contributed by atoms with Crippen LogP contribution in [0.4, 0.5) is 16.2 Å². The molecule has 0 N–H and O–H groups in total. The van der Waals surface area contributed by atoms with Crippen LogP contribution in [0.15, 0.2) is 18.2 Å². The summed E-state index contributed by atoms with van der Waals surface area (Å²) in [6.07, 6.45) is 0. The lowest BCUT2D eigenvalue weighted by Crippen LogP contribution is -2.04. The highest BCUT2D eigenvalue weighted by Crippen LogP contribution is 2.31. The Kier molecular flexibility index (Phi) is 4.60. The average molecular weight is 272 g/mol. The van der Waals surface area contributed by atoms with Gasteiger partial charge in [-0.2, -0.15) is 0 Å². The topological polar surface area (TPSA) is 113 Å². The molecule has 0 aromatic heterocycles. The third-order valence-electron chi connectivity index (χ3n) is 1.81. The summed E-state index contributed by atoms with van der Waals surface area (Å²) < 4.78 is 4.74. The van der Waals surface area contributed by atoms with E-state index in [2.05, 4.69) is 0 Å². The highest BCUT2D eigenvalue weighted by Gasteiger charge is 2.22. The Morgan fingerprint density at radius 1 is 1.33 bits per heavy atom. The SMILES string of the molecule is CCSC(=O)Oc1ccc([N+](=O)[O-])cc1[N+](=O)[O-]. The third-order valence-corrected chi connectivity index (χ3v) is 2.41. The molecule has 18 heavy (non-hydrogen) atoms. The van der Waals surface area contributed by atoms with Gasteiger partial charge >= 0.3 is 11.0 Å². The summed E-state index contributed by atoms with van der Waals surface area (Å²) in [6, 6.07) is 2.82. The van der Waals surface area contributed by atoms with E-state index in [1.165, 1.54) is 0 Å². The van der Waals surface area contributed by atoms with E-state index in [0.29, 0.717) is 5.75 Å². The third kappa shape index (κ3) is 3.42. The number of benzene rings is 1. The zero-order chi connectivity index (χ0) is 13.7. The number of ether oxygens (including phenoxy) is 1. The first-order valence-corrected chi connectivity index (χ1v) is 5.71. The van der Waals surface area contributed by atoms with Gasteiger partial charge in [0.2, 0.25) is 5.75 Å². The van der Waals surface area contributed by atoms with E-state index in [9.17, 15) is 25.0 Å². The van der Waals surface area contributed by atoms with Crippen LogP contribution < -0.4 is 4.74 Å². The van der Waals surface area contributed by atoms with Gasteiger partial charge in [0.1, 0.15) is 0 Å². The maximum atomic E-state index is 11.2. The predicted octanol–water partition coefficient (Wildman–Crippen LogP) is 2.75. The van der Waals surface area contributed by atoms with Crippen molar-refractivity contribution >= 4 is 28.4 Å². The summed E-state index contributed by atoms with van der Waals surface area (Å²) in [5.74, 6) is 0.149. The number of hydrogen-bond donors (Lipinski definition) is 0. The summed E-state index contributed by atoms with van der Waals surface area (Å²) in [7, 11) is 0. The lowest BCUT2D eigenvalue weighted by Gasteiger charge is -2.03. The van der Waals surface area contributed by atoms with Crippen LogP contribution in [-0.4, -0.2) is 20.9 Å². The van der Waals surface area contributed by atoms with Crippen molar-refractivity contribution in [1.82, 2.24) is 0 Å². The van der Waals surface area contributed by atoms with Crippen molar-refractivity contribution in [2.24, 2.45) is 0 Å². The molecule has 0 saturated heterocycles. The largest absolute Gasteiger partial charge is 0.411 e. The molecule has 0 unspecified atom stereocenters. The minimum Gasteiger partial charge on any atom is -0.411 e. The maximum Gasteiger partial charge on any atom is 0.372 e. The summed E-state index contributed by atoms with van der Waals surface area (Å²) in [5, 5.41) is 20.5. The minimum absolute atomic E-state index is 0.309. The van der Waals surface area contributed by atoms with E-state index in [1.54, 1.807) is 6.92 Å². The molecule has 96 valence electrons. The van der Waals surface area contributed by atoms with Gasteiger partial charge in [-0.25, -0.2) is 4.79 Å². The zero-order valence-electron chi connectivity index (χ0n) is 9.19. The highest BCUT2D eigenvalue weighted by atomic mass is 32.2. The summed E-state index contributed by atoms with van der Waals surface area (Å²) in [5.41, 5.74) is -1.06. The molecule has 1 aromatic rings. The van der Waals surface area contributed by atoms with E-state index in [-0.39, 0.29) is 5.75 Å². The van der Waals surface area contributed by atoms with Crippen molar-refractivity contribution in [2.45, 2.75) is 6.92 Å². The molecule has 1 rings (SSSR count). The molecule has 0 atom stereocenters. The molecule has 0 saturated carbocycles. The van der Waals surface area contributed by atoms with Gasteiger partial charge in [0.15, 0.2) is 0 Å². The van der Waals surface area contributed by atoms with Gasteiger partial charge in [0, 0.05) is 11.8 Å². The van der Waals surface area contributed by atoms with E-state index < -0.39 is 26.5 Å². The lowest BCUT2D eigenvalue weighted by atomic mass is 10.2. The number of thioether (sulfide) groups is 1. The van der Waals surface area contributed by atoms with Gasteiger partial charge in [-0.15, -0.1) is 0 Å². The van der Waals surface area contributed by atoms with Gasteiger partial charge in [-0.3, -0.25) is 20.2 Å². The van der Waals surface area contributed by atoms with Crippen molar-refractivity contribution in [2.75, 3.05) is 5.75 Å². The Morgan fingerprint density at radius 2 is 2.00 bits per heavy atom. The number of hydrogen-bond acceptors (Lipinski definition) is 7. The van der Waals surface area contributed by atoms with Crippen LogP contribution >= 0.6 is 11.8 Å². The van der Waals surface area contributed by atoms with Crippen LogP contribution in [0.1, 0.15) is 6.92 Å². The second-order valence-electron chi connectivity index (χ2n) is 2.95. The van der Waals surface area contributed by atoms with Gasteiger partial charge < -0.3 is 4.74 Å². The van der Waals surface area contributed by atoms with Crippen molar-refractivity contribution in [3.63, 3.8) is 0 Å². The van der Waals surface area contributed by atoms with Gasteiger partial charge in [0.05, 0.1) is 15.9 Å². The first kappa shape index (κ1) is 13.9. The Morgan fingerprint density at radius 3 is 2.50 bits per heavy atom. The second kappa shape index (κ2) is 5.96. The Bertz CT molecular complexity index is 504. The van der Waals surface area contributed by atoms with Crippen LogP contribution in [0.3, 0.4) is 0 Å². The quantitative estimate of drug-likeness (QED) is 0.470. The van der Waals surface area contributed by atoms with Gasteiger partial charge in [0.25, 0.3) is 5.69 Å². The number of nitrogens with zero attached hydrogens (tertiary/aromatic N) is 2. The molecule has 0 amide bonds. The van der Waals surface area contributed by atoms with Gasteiger partial charge in [-0.05, 0) is 17.8 Å². The monoisotopic (exact) mass is 272 g/mol. The average Bonchev–Trinajstić information content (AvgIpc) is 2.29. The number of rotatable bonds is 4. The molecule has 0 heterocycles. The fourth-order valence-corrected chi connectivity index (χ4v) is 1.47. The normalized spacial score (nSPS) is 9.83. The highest BCUT2D eigenvalue weighted by molar-refractivity contribution is 8.13. The van der Waals surface area contributed by atoms with Crippen molar-refractivity contribution in [3.8, 4) is 5.75 Å². The van der Waals surface area contributed by atoms with Crippen LogP contribution in [0.5, 0.6) is 5.75 Å². The number of carbonyl (C=O) groups is 1. The fraction of sp³-hybridized carbons (Fsp3) is 0.222. The number of nitro benzene ring substituents is 2. The predicted molar refractivity (Wildman–Crippen MR) is 63.9 cm³/mol. The molecular weight excluding hydrogens is 264 g/mol. The number of nitro groups is 2. The molecule has 0 aliphatic carbocycles. The van der Waals surface area contributed by atoms with Crippen molar-refractivity contribution in [3.05, 3.63) is 38.4 Å². The van der Waals surface area contributed by atoms with Crippen LogP contribution in [-0.2, 0) is 0 Å². The lowest BCUT2D eigenvalue weighted by molar-refractivity contribution is -0.394. The Balaban J connectivity index is 3.08. The van der Waals surface area contributed by atoms with Crippen LogP contribution in [0.25, 0.3) is 0 Å². The molecule has 0 fully saturated rings. The Hall–Kier alpha value is -2.16. The second-order valence-corrected chi connectivity index (χ2v) is 4.15. The zero-order valence-corrected chi connectivity index (χ0v) is 10.0. The molecular formula is C9H8N2O6S. The van der Waals surface area contributed by atoms with E-state index >= 15 is 0 Å². The van der Waals surface area contributed by atoms with E-state index in [4.69, 9.17) is 4.74 Å². The molecule has 9 heteroatoms. The maximum absolute atomic E-state index is 11.2. The standard InChI is InChI=1S/C9H8N2O6S/c1-2-18-9(12)17-8-4-3-6(10(13)14)5-7(8)11(15)16/h3-5H,2H2,1H3. The Labute approximate surface area is 105 Å². The van der Waals surface area contributed by atoms with Crippen LogP contribution in [0, 0.1) is 20.2 Å². The molecule has 0 radical (unpaired) electrons. The first-order valence-electron chi connectivity index (χ1n) is 4.73. The van der Waals surface area contributed by atoms with Crippen molar-refractivity contribution in [1.29, 1.82) is 0 Å². The fourth-order valence-electron chi connectivity index (χ4n) is 1.09. The van der Waals surface area contributed by atoms with Crippen LogP contribution in [0.2, 0.25) is 0 Å². The summed E-state index contributed by atoms with van der Waals surface area (Å²) in [6.45, 7) is 1.72. The molecule has 8 nitrogen and oxygen atoms in total. The van der Waals surface area contributed by atoms with Gasteiger partial charge in [-0.1, -0.05) is 6.92 Å². The minimum atomic E-state index is -0.841. The smallest absolute Gasteiger partial charge is 0.372 e. The number of non-ortho nitro benzene ring substituents is 1. The molecule has 0 bridgehead atoms. The van der Waals surface area contributed by atoms with Crippen molar-refractivity contribution < 1.29 is 19.4 Å². The molecule has 0 spiro atoms. The first-order chi connectivity index (χ1) is 8.45. The molecule has 0 aliphatic heterocycles. The van der Waals surface area contributed by atoms with E-state index in [1.807, 2.05) is 0 Å². The van der Waals surface area contributed by atoms with E-state index in [0.717, 1.165) is 30.0 Å². The number of carbonyl (C=O) groups excluding carboxylic acids is 1.